The zero-order valence-electron chi connectivity index (χ0n) is 16.5. The average Bonchev–Trinajstić information content (AvgIpc) is 3.23. The fourth-order valence-corrected chi connectivity index (χ4v) is 3.32. The van der Waals surface area contributed by atoms with Gasteiger partial charge in [-0.15, -0.1) is 0 Å². The molecule has 0 radical (unpaired) electrons. The Hall–Kier alpha value is -4.13. The number of methoxy groups -OCH3 is 1. The first-order valence-corrected chi connectivity index (χ1v) is 9.46. The lowest BCUT2D eigenvalue weighted by atomic mass is 10.2. The van der Waals surface area contributed by atoms with E-state index in [9.17, 15) is 0 Å². The molecule has 7 nitrogen and oxygen atoms in total. The highest BCUT2D eigenvalue weighted by molar-refractivity contribution is 5.91. The van der Waals surface area contributed by atoms with Crippen molar-refractivity contribution >= 4 is 28.1 Å². The van der Waals surface area contributed by atoms with E-state index in [2.05, 4.69) is 20.3 Å². The molecule has 0 atom stereocenters. The summed E-state index contributed by atoms with van der Waals surface area (Å²) in [5.41, 5.74) is 3.60. The van der Waals surface area contributed by atoms with E-state index < -0.39 is 0 Å². The van der Waals surface area contributed by atoms with Crippen molar-refractivity contribution in [3.63, 3.8) is 0 Å². The molecule has 30 heavy (non-hydrogen) atoms. The van der Waals surface area contributed by atoms with Gasteiger partial charge in [0.2, 0.25) is 0 Å². The summed E-state index contributed by atoms with van der Waals surface area (Å²) in [5, 5.41) is 4.27. The lowest BCUT2D eigenvalue weighted by molar-refractivity contribution is 0.415. The maximum atomic E-state index is 6.07. The summed E-state index contributed by atoms with van der Waals surface area (Å²) in [6.07, 6.45) is 7.14. The Morgan fingerprint density at radius 3 is 2.70 bits per heavy atom. The molecule has 3 heterocycles. The van der Waals surface area contributed by atoms with Crippen LogP contribution >= 0.6 is 0 Å². The number of nitrogens with zero attached hydrogens (tertiary/aromatic N) is 4. The first kappa shape index (κ1) is 17.9. The second-order valence-corrected chi connectivity index (χ2v) is 6.87. The van der Waals surface area contributed by atoms with Crippen LogP contribution in [0.3, 0.4) is 0 Å². The molecule has 0 fully saturated rings. The zero-order valence-corrected chi connectivity index (χ0v) is 16.5. The molecule has 0 saturated carbocycles. The molecule has 0 unspecified atom stereocenters. The Bertz CT molecular complexity index is 1360. The monoisotopic (exact) mass is 397 g/mol. The molecule has 0 aliphatic rings. The smallest absolute Gasteiger partial charge is 0.141 e. The van der Waals surface area contributed by atoms with Gasteiger partial charge in [0.1, 0.15) is 35.0 Å². The second kappa shape index (κ2) is 7.36. The van der Waals surface area contributed by atoms with Crippen molar-refractivity contribution in [2.45, 2.75) is 6.92 Å². The van der Waals surface area contributed by atoms with Crippen LogP contribution in [-0.4, -0.2) is 26.5 Å². The fourth-order valence-electron chi connectivity index (χ4n) is 3.32. The van der Waals surface area contributed by atoms with Crippen LogP contribution in [0.5, 0.6) is 17.2 Å². The van der Waals surface area contributed by atoms with Gasteiger partial charge in [-0.3, -0.25) is 0 Å². The highest BCUT2D eigenvalue weighted by Crippen LogP contribution is 2.31. The number of ether oxygens (including phenoxy) is 2. The predicted molar refractivity (Wildman–Crippen MR) is 116 cm³/mol. The summed E-state index contributed by atoms with van der Waals surface area (Å²) < 4.78 is 13.3. The summed E-state index contributed by atoms with van der Waals surface area (Å²) in [7, 11) is 1.64. The summed E-state index contributed by atoms with van der Waals surface area (Å²) in [6.45, 7) is 2.01. The zero-order chi connectivity index (χ0) is 20.5. The largest absolute Gasteiger partial charge is 0.497 e. The molecular formula is C23H19N5O2. The maximum absolute atomic E-state index is 6.07. The molecule has 0 aliphatic heterocycles. The van der Waals surface area contributed by atoms with Crippen molar-refractivity contribution in [2.24, 2.45) is 0 Å². The van der Waals surface area contributed by atoms with Crippen molar-refractivity contribution in [3.05, 3.63) is 79.0 Å². The highest BCUT2D eigenvalue weighted by Gasteiger charge is 2.08. The minimum Gasteiger partial charge on any atom is -0.497 e. The molecule has 5 rings (SSSR count). The molecule has 0 spiro atoms. The van der Waals surface area contributed by atoms with Crippen LogP contribution in [0.1, 0.15) is 5.56 Å². The molecule has 1 N–H and O–H groups in total. The summed E-state index contributed by atoms with van der Waals surface area (Å²) >= 11 is 0. The molecular weight excluding hydrogens is 378 g/mol. The maximum Gasteiger partial charge on any atom is 0.141 e. The summed E-state index contributed by atoms with van der Waals surface area (Å²) in [4.78, 5) is 13.0. The first-order chi connectivity index (χ1) is 14.7. The van der Waals surface area contributed by atoms with Crippen LogP contribution in [0, 0.1) is 6.92 Å². The number of rotatable bonds is 5. The van der Waals surface area contributed by atoms with E-state index in [4.69, 9.17) is 9.47 Å². The first-order valence-electron chi connectivity index (χ1n) is 9.46. The Balaban J connectivity index is 1.41. The molecule has 2 aromatic carbocycles. The van der Waals surface area contributed by atoms with Crippen molar-refractivity contribution in [3.8, 4) is 17.2 Å². The minimum atomic E-state index is 0.719. The number of hydrogen-bond acceptors (Lipinski definition) is 6. The van der Waals surface area contributed by atoms with Gasteiger partial charge in [-0.1, -0.05) is 0 Å². The number of fused-ring (bicyclic) bond motifs is 2. The van der Waals surface area contributed by atoms with Crippen LogP contribution < -0.4 is 14.8 Å². The summed E-state index contributed by atoms with van der Waals surface area (Å²) in [5.74, 6) is 3.00. The normalized spacial score (nSPS) is 11.0. The lowest BCUT2D eigenvalue weighted by Crippen LogP contribution is -1.97. The standard InChI is InChI=1S/C23H19N5O2/c1-15-11-16(27-23-19-12-17(29-2)4-5-20(19)25-14-26-23)3-6-21(15)30-18-7-9-28-10-8-24-22(28)13-18/h3-14H,1-2H3,(H,25,26,27). The average molecular weight is 397 g/mol. The summed E-state index contributed by atoms with van der Waals surface area (Å²) in [6, 6.07) is 15.5. The van der Waals surface area contributed by atoms with E-state index in [0.717, 1.165) is 50.9 Å². The van der Waals surface area contributed by atoms with Gasteiger partial charge < -0.3 is 19.2 Å². The van der Waals surface area contributed by atoms with Gasteiger partial charge in [0, 0.05) is 35.7 Å². The van der Waals surface area contributed by atoms with E-state index in [0.29, 0.717) is 0 Å². The van der Waals surface area contributed by atoms with Crippen LogP contribution in [0.15, 0.2) is 73.4 Å². The van der Waals surface area contributed by atoms with Gasteiger partial charge in [-0.05, 0) is 55.0 Å². The van der Waals surface area contributed by atoms with Gasteiger partial charge in [-0.25, -0.2) is 15.0 Å². The van der Waals surface area contributed by atoms with Crippen LogP contribution in [0.2, 0.25) is 0 Å². The van der Waals surface area contributed by atoms with E-state index in [1.165, 1.54) is 0 Å². The molecule has 0 bridgehead atoms. The molecule has 0 amide bonds. The molecule has 3 aromatic heterocycles. The van der Waals surface area contributed by atoms with E-state index in [1.54, 1.807) is 19.6 Å². The van der Waals surface area contributed by atoms with Crippen molar-refractivity contribution in [2.75, 3.05) is 12.4 Å². The number of imidazole rings is 1. The Morgan fingerprint density at radius 2 is 1.83 bits per heavy atom. The second-order valence-electron chi connectivity index (χ2n) is 6.87. The third kappa shape index (κ3) is 3.37. The Labute approximate surface area is 173 Å². The van der Waals surface area contributed by atoms with Gasteiger partial charge in [-0.2, -0.15) is 0 Å². The molecule has 148 valence electrons. The number of benzene rings is 2. The predicted octanol–water partition coefficient (Wildman–Crippen LogP) is 5.13. The third-order valence-electron chi connectivity index (χ3n) is 4.88. The van der Waals surface area contributed by atoms with Crippen molar-refractivity contribution in [1.29, 1.82) is 0 Å². The molecule has 5 aromatic rings. The van der Waals surface area contributed by atoms with Gasteiger partial charge >= 0.3 is 0 Å². The van der Waals surface area contributed by atoms with E-state index >= 15 is 0 Å². The van der Waals surface area contributed by atoms with E-state index in [1.807, 2.05) is 72.2 Å². The number of pyridine rings is 1. The molecule has 0 aliphatic carbocycles. The van der Waals surface area contributed by atoms with Crippen LogP contribution in [0.25, 0.3) is 16.6 Å². The SMILES string of the molecule is COc1ccc2ncnc(Nc3ccc(Oc4ccn5ccnc5c4)c(C)c3)c2c1. The van der Waals surface area contributed by atoms with Crippen LogP contribution in [0.4, 0.5) is 11.5 Å². The molecule has 0 saturated heterocycles. The van der Waals surface area contributed by atoms with Crippen molar-refractivity contribution in [1.82, 2.24) is 19.4 Å². The quantitative estimate of drug-likeness (QED) is 0.443. The number of aromatic nitrogens is 4. The topological polar surface area (TPSA) is 73.6 Å². The number of hydrogen-bond donors (Lipinski definition) is 1. The lowest BCUT2D eigenvalue weighted by Gasteiger charge is -2.13. The number of nitrogens with one attached hydrogen (secondary N) is 1. The van der Waals surface area contributed by atoms with Gasteiger partial charge in [0.25, 0.3) is 0 Å². The Morgan fingerprint density at radius 1 is 0.900 bits per heavy atom. The molecule has 7 heteroatoms. The fraction of sp³-hybridized carbons (Fsp3) is 0.0870. The third-order valence-corrected chi connectivity index (χ3v) is 4.88. The highest BCUT2D eigenvalue weighted by atomic mass is 16.5. The number of aryl methyl sites for hydroxylation is 1. The van der Waals surface area contributed by atoms with Crippen LogP contribution in [-0.2, 0) is 0 Å². The van der Waals surface area contributed by atoms with E-state index in [-0.39, 0.29) is 0 Å². The number of anilines is 2. The van der Waals surface area contributed by atoms with Crippen molar-refractivity contribution < 1.29 is 9.47 Å². The van der Waals surface area contributed by atoms with Gasteiger partial charge in [0.15, 0.2) is 0 Å². The van der Waals surface area contributed by atoms with Gasteiger partial charge in [0.05, 0.1) is 12.6 Å². The Kier molecular flexibility index (Phi) is 4.40. The minimum absolute atomic E-state index is 0.719.